The number of hydrogen-bond donors (Lipinski definition) is 6. The second kappa shape index (κ2) is 20.0. The van der Waals surface area contributed by atoms with Crippen LogP contribution in [0.3, 0.4) is 0 Å². The van der Waals surface area contributed by atoms with Crippen LogP contribution in [0.2, 0.25) is 0 Å². The first kappa shape index (κ1) is 41.8. The number of hydrogen-bond acceptors (Lipinski definition) is 9. The fourth-order valence-corrected chi connectivity index (χ4v) is 7.60. The van der Waals surface area contributed by atoms with Gasteiger partial charge < -0.3 is 41.3 Å². The van der Waals surface area contributed by atoms with E-state index >= 15 is 0 Å². The van der Waals surface area contributed by atoms with Crippen molar-refractivity contribution >= 4 is 41.2 Å². The highest BCUT2D eigenvalue weighted by molar-refractivity contribution is 5.97. The van der Waals surface area contributed by atoms with E-state index in [1.807, 2.05) is 30.3 Å². The number of carbonyl (C=O) groups is 7. The number of aryl methyl sites for hydroxylation is 1. The van der Waals surface area contributed by atoms with Gasteiger partial charge in [0, 0.05) is 38.9 Å². The molecule has 3 fully saturated rings. The Morgan fingerprint density at radius 2 is 1.34 bits per heavy atom. The summed E-state index contributed by atoms with van der Waals surface area (Å²) in [5.41, 5.74) is 1.58. The number of amides is 6. The summed E-state index contributed by atoms with van der Waals surface area (Å²) in [5.74, 6) is -3.25. The van der Waals surface area contributed by atoms with Gasteiger partial charge in [0.05, 0.1) is 6.10 Å². The molecule has 56 heavy (non-hydrogen) atoms. The number of aliphatic hydroxyl groups excluding tert-OH is 1. The third kappa shape index (κ3) is 11.4. The first-order valence-corrected chi connectivity index (χ1v) is 19.7. The molecule has 0 bridgehead atoms. The maximum absolute atomic E-state index is 14.3. The van der Waals surface area contributed by atoms with Gasteiger partial charge in [-0.05, 0) is 81.0 Å². The summed E-state index contributed by atoms with van der Waals surface area (Å²) >= 11 is 0. The molecule has 3 heterocycles. The summed E-state index contributed by atoms with van der Waals surface area (Å²) in [6.45, 7) is 2.08. The number of rotatable bonds is 9. The molecule has 15 nitrogen and oxygen atoms in total. The number of aliphatic hydroxyl groups is 1. The van der Waals surface area contributed by atoms with Crippen LogP contribution in [0.15, 0.2) is 54.6 Å². The number of fused-ring (bicyclic) bond motifs is 2. The molecular weight excluding hydrogens is 720 g/mol. The summed E-state index contributed by atoms with van der Waals surface area (Å²) in [7, 11) is 0. The van der Waals surface area contributed by atoms with E-state index in [0.717, 1.165) is 11.1 Å². The van der Waals surface area contributed by atoms with E-state index in [4.69, 9.17) is 0 Å². The number of benzene rings is 2. The predicted molar refractivity (Wildman–Crippen MR) is 205 cm³/mol. The normalized spacial score (nSPS) is 26.0. The number of Topliss-reactive ketones (excluding diaryl/α,β-unsaturated/α-hetero) is 1. The summed E-state index contributed by atoms with van der Waals surface area (Å²) in [5, 5.41) is 31.5. The number of β-amino-alcohol motifs (C(OH)–C–C–N with tert-alkyl or cyclic N) is 1. The first-order chi connectivity index (χ1) is 26.9. The zero-order valence-electron chi connectivity index (χ0n) is 31.9. The quantitative estimate of drug-likeness (QED) is 0.214. The van der Waals surface area contributed by atoms with Gasteiger partial charge in [0.1, 0.15) is 41.7 Å². The number of ketones is 1. The van der Waals surface area contributed by atoms with Crippen LogP contribution in [0.25, 0.3) is 0 Å². The van der Waals surface area contributed by atoms with Crippen LogP contribution < -0.4 is 21.3 Å². The van der Waals surface area contributed by atoms with Crippen molar-refractivity contribution in [3.63, 3.8) is 0 Å². The van der Waals surface area contributed by atoms with E-state index in [2.05, 4.69) is 21.3 Å². The number of aromatic hydroxyl groups is 1. The van der Waals surface area contributed by atoms with Crippen molar-refractivity contribution in [3.05, 3.63) is 65.7 Å². The van der Waals surface area contributed by atoms with Crippen LogP contribution in [0.1, 0.15) is 82.3 Å². The Balaban J connectivity index is 1.44. The molecule has 2 aromatic carbocycles. The minimum atomic E-state index is -1.21. The summed E-state index contributed by atoms with van der Waals surface area (Å²) in [4.78, 5) is 98.5. The third-order valence-electron chi connectivity index (χ3n) is 10.8. The van der Waals surface area contributed by atoms with Crippen LogP contribution in [-0.2, 0) is 46.4 Å². The Kier molecular flexibility index (Phi) is 15.0. The van der Waals surface area contributed by atoms with Crippen LogP contribution in [0.4, 0.5) is 0 Å². The number of phenolic OH excluding ortho intramolecular Hbond substituents is 1. The fourth-order valence-electron chi connectivity index (χ4n) is 7.60. The number of carbonyl (C=O) groups excluding carboxylic acids is 7. The second-order valence-corrected chi connectivity index (χ2v) is 14.9. The van der Waals surface area contributed by atoms with Gasteiger partial charge in [0.15, 0.2) is 0 Å². The van der Waals surface area contributed by atoms with Gasteiger partial charge in [-0.2, -0.15) is 0 Å². The van der Waals surface area contributed by atoms with Crippen molar-refractivity contribution in [3.8, 4) is 5.75 Å². The highest BCUT2D eigenvalue weighted by atomic mass is 16.3. The lowest BCUT2D eigenvalue weighted by molar-refractivity contribution is -0.143. The highest BCUT2D eigenvalue weighted by Crippen LogP contribution is 2.23. The Labute approximate surface area is 326 Å². The minimum Gasteiger partial charge on any atom is -0.508 e. The standard InChI is InChI=1S/C41H54N6O9/c1-2-31-40(55)47-23-7-11-35(47)39(54)44-32(19-14-26-12-15-28(48)16-13-26)37(52)45-33(20-17-29(49)24-27-8-4-3-5-9-27)41(56)46-22-6-10-34(46)38(53)42-25-30(50)18-21-36(51)43-31/h3-5,8-9,12-13,15-16,30-35,48,50H,2,6-7,10-11,14,17-25H2,1H3,(H,42,53)(H,43,51)(H,44,54)(H,45,52)/t30-,31+,32?,33+,34?,35+/m1/s1. The molecule has 0 saturated carbocycles. The molecule has 0 radical (unpaired) electrons. The number of nitrogens with one attached hydrogen (secondary N) is 4. The van der Waals surface area contributed by atoms with E-state index in [0.29, 0.717) is 32.1 Å². The maximum atomic E-state index is 14.3. The zero-order chi connectivity index (χ0) is 40.2. The molecule has 3 aliphatic rings. The van der Waals surface area contributed by atoms with Gasteiger partial charge in [-0.1, -0.05) is 49.4 Å². The van der Waals surface area contributed by atoms with E-state index in [1.165, 1.54) is 21.9 Å². The topological polar surface area (TPSA) is 215 Å². The molecule has 0 aromatic heterocycles. The number of nitrogens with zero attached hydrogens (tertiary/aromatic N) is 2. The second-order valence-electron chi connectivity index (χ2n) is 14.9. The average Bonchev–Trinajstić information content (AvgIpc) is 3.90. The average molecular weight is 775 g/mol. The van der Waals surface area contributed by atoms with Crippen molar-refractivity contribution in [2.75, 3.05) is 19.6 Å². The van der Waals surface area contributed by atoms with Crippen LogP contribution in [0, 0.1) is 0 Å². The van der Waals surface area contributed by atoms with Gasteiger partial charge in [0.2, 0.25) is 35.4 Å². The fraction of sp³-hybridized carbons (Fsp3) is 0.537. The summed E-state index contributed by atoms with van der Waals surface area (Å²) < 4.78 is 0. The molecule has 15 heteroatoms. The van der Waals surface area contributed by atoms with Gasteiger partial charge >= 0.3 is 0 Å². The van der Waals surface area contributed by atoms with Crippen LogP contribution >= 0.6 is 0 Å². The van der Waals surface area contributed by atoms with Crippen molar-refractivity contribution < 1.29 is 43.8 Å². The molecular formula is C41H54N6O9. The molecule has 5 rings (SSSR count). The summed E-state index contributed by atoms with van der Waals surface area (Å²) in [6.07, 6.45) is 1.25. The van der Waals surface area contributed by atoms with E-state index in [1.54, 1.807) is 19.1 Å². The Hall–Kier alpha value is -5.31. The molecule has 3 saturated heterocycles. The number of phenols is 1. The molecule has 6 N–H and O–H groups in total. The molecule has 302 valence electrons. The first-order valence-electron chi connectivity index (χ1n) is 19.7. The minimum absolute atomic E-state index is 0.00937. The van der Waals surface area contributed by atoms with Crippen molar-refractivity contribution in [2.24, 2.45) is 0 Å². The summed E-state index contributed by atoms with van der Waals surface area (Å²) in [6, 6.07) is 10.5. The third-order valence-corrected chi connectivity index (χ3v) is 10.8. The van der Waals surface area contributed by atoms with Crippen molar-refractivity contribution in [2.45, 2.75) is 120 Å². The molecule has 0 aliphatic carbocycles. The SMILES string of the molecule is CC[C@@H]1NC(=O)CC[C@@H](O)CNC(=O)C2CCCN2C(=O)[C@H](CCC(=O)Cc2ccccc2)NC(=O)C(CCc2ccc(O)cc2)NC(=O)[C@@H]2CCCN2C1=O. The van der Waals surface area contributed by atoms with Crippen LogP contribution in [0.5, 0.6) is 5.75 Å². The Morgan fingerprint density at radius 3 is 2.00 bits per heavy atom. The highest BCUT2D eigenvalue weighted by Gasteiger charge is 2.41. The van der Waals surface area contributed by atoms with Crippen LogP contribution in [-0.4, -0.2) is 117 Å². The van der Waals surface area contributed by atoms with Gasteiger partial charge in [0.25, 0.3) is 0 Å². The zero-order valence-corrected chi connectivity index (χ0v) is 31.9. The Morgan fingerprint density at radius 1 is 0.714 bits per heavy atom. The molecule has 6 amide bonds. The van der Waals surface area contributed by atoms with E-state index < -0.39 is 71.8 Å². The molecule has 2 unspecified atom stereocenters. The van der Waals surface area contributed by atoms with Gasteiger partial charge in [-0.3, -0.25) is 33.6 Å². The maximum Gasteiger partial charge on any atom is 0.245 e. The van der Waals surface area contributed by atoms with E-state index in [-0.39, 0.29) is 76.1 Å². The van der Waals surface area contributed by atoms with E-state index in [9.17, 15) is 43.8 Å². The monoisotopic (exact) mass is 774 g/mol. The van der Waals surface area contributed by atoms with Crippen molar-refractivity contribution in [1.29, 1.82) is 0 Å². The smallest absolute Gasteiger partial charge is 0.245 e. The Bertz CT molecular complexity index is 1720. The predicted octanol–water partition coefficient (Wildman–Crippen LogP) is 1.03. The van der Waals surface area contributed by atoms with Gasteiger partial charge in [-0.15, -0.1) is 0 Å². The lowest BCUT2D eigenvalue weighted by Crippen LogP contribution is -2.59. The molecule has 6 atom stereocenters. The lowest BCUT2D eigenvalue weighted by Gasteiger charge is -2.31. The largest absolute Gasteiger partial charge is 0.508 e. The van der Waals surface area contributed by atoms with Gasteiger partial charge in [-0.25, -0.2) is 0 Å². The van der Waals surface area contributed by atoms with Crippen molar-refractivity contribution in [1.82, 2.24) is 31.1 Å². The molecule has 3 aliphatic heterocycles. The molecule has 0 spiro atoms. The molecule has 2 aromatic rings. The lowest BCUT2D eigenvalue weighted by atomic mass is 10.0.